The molecule has 0 radical (unpaired) electrons. The Bertz CT molecular complexity index is 145. The zero-order chi connectivity index (χ0) is 8.67. The van der Waals surface area contributed by atoms with Crippen LogP contribution in [0.4, 0.5) is 0 Å². The lowest BCUT2D eigenvalue weighted by atomic mass is 9.65. The van der Waals surface area contributed by atoms with Gasteiger partial charge in [-0.3, -0.25) is 0 Å². The molecule has 6 saturated carbocycles. The van der Waals surface area contributed by atoms with Crippen LogP contribution in [0.5, 0.6) is 0 Å². The Morgan fingerprint density at radius 3 is 0.923 bits per heavy atom. The van der Waals surface area contributed by atoms with Crippen LogP contribution in [0.1, 0.15) is 57.8 Å². The van der Waals surface area contributed by atoms with Crippen LogP contribution in [-0.2, 0) is 0 Å². The second-order valence-electron chi connectivity index (χ2n) is 5.92. The molecular weight excluding hydrogens is 156 g/mol. The van der Waals surface area contributed by atoms with Gasteiger partial charge in [-0.2, -0.15) is 0 Å². The summed E-state index contributed by atoms with van der Waals surface area (Å²) in [5.41, 5.74) is 0. The van der Waals surface area contributed by atoms with E-state index in [9.17, 15) is 0 Å². The summed E-state index contributed by atoms with van der Waals surface area (Å²) in [5, 5.41) is 0. The van der Waals surface area contributed by atoms with Gasteiger partial charge < -0.3 is 0 Å². The van der Waals surface area contributed by atoms with Gasteiger partial charge in [-0.05, 0) is 49.4 Å². The van der Waals surface area contributed by atoms with E-state index >= 15 is 0 Å². The summed E-state index contributed by atoms with van der Waals surface area (Å²) in [6.45, 7) is 0. The van der Waals surface area contributed by atoms with Crippen molar-refractivity contribution < 1.29 is 0 Å². The lowest BCUT2D eigenvalue weighted by Gasteiger charge is -2.40. The van der Waals surface area contributed by atoms with Crippen molar-refractivity contribution in [1.82, 2.24) is 0 Å². The fourth-order valence-corrected chi connectivity index (χ4v) is 3.86. The van der Waals surface area contributed by atoms with Crippen molar-refractivity contribution >= 4 is 0 Å². The van der Waals surface area contributed by atoms with Crippen molar-refractivity contribution in [2.45, 2.75) is 57.8 Å². The van der Waals surface area contributed by atoms with Crippen LogP contribution in [0, 0.1) is 23.7 Å². The van der Waals surface area contributed by atoms with E-state index in [0.717, 1.165) is 0 Å². The molecule has 6 rings (SSSR count). The zero-order valence-electron chi connectivity index (χ0n) is 8.67. The summed E-state index contributed by atoms with van der Waals surface area (Å²) >= 11 is 0. The van der Waals surface area contributed by atoms with Crippen LogP contribution in [0.25, 0.3) is 0 Å². The molecule has 0 aromatic rings. The van der Waals surface area contributed by atoms with Crippen LogP contribution in [0.2, 0.25) is 0 Å². The lowest BCUT2D eigenvalue weighted by Crippen LogP contribution is -2.28. The third-order valence-electron chi connectivity index (χ3n) is 4.87. The van der Waals surface area contributed by atoms with Gasteiger partial charge in [0.25, 0.3) is 0 Å². The molecule has 6 fully saturated rings. The minimum Gasteiger partial charge on any atom is -0.0528 e. The normalized spacial score (nSPS) is 49.8. The smallest absolute Gasteiger partial charge is 0.0409 e. The third kappa shape index (κ3) is 1.65. The van der Waals surface area contributed by atoms with Gasteiger partial charge in [0, 0.05) is 0 Å². The van der Waals surface area contributed by atoms with E-state index in [4.69, 9.17) is 0 Å². The molecule has 0 aromatic heterocycles. The summed E-state index contributed by atoms with van der Waals surface area (Å²) in [6, 6.07) is 0. The van der Waals surface area contributed by atoms with Gasteiger partial charge >= 0.3 is 0 Å². The fraction of sp³-hybridized carbons (Fsp3) is 1.00. The zero-order valence-corrected chi connectivity index (χ0v) is 8.67. The van der Waals surface area contributed by atoms with Crippen LogP contribution in [-0.4, -0.2) is 0 Å². The van der Waals surface area contributed by atoms with E-state index in [2.05, 4.69) is 0 Å². The molecule has 0 amide bonds. The van der Waals surface area contributed by atoms with Crippen molar-refractivity contribution in [1.29, 1.82) is 0 Å². The van der Waals surface area contributed by atoms with Crippen molar-refractivity contribution in [3.05, 3.63) is 0 Å². The predicted molar refractivity (Wildman–Crippen MR) is 55.5 cm³/mol. The molecule has 0 aromatic carbocycles. The Balaban J connectivity index is 0.0000000875. The molecule has 0 saturated heterocycles. The molecule has 6 aliphatic rings. The molecule has 0 aliphatic heterocycles. The SMILES string of the molecule is C1CC2CC(C1)C2.C1CC2CC1C2. The van der Waals surface area contributed by atoms with E-state index < -0.39 is 0 Å². The van der Waals surface area contributed by atoms with Gasteiger partial charge in [0.1, 0.15) is 0 Å². The van der Waals surface area contributed by atoms with Crippen molar-refractivity contribution in [3.63, 3.8) is 0 Å². The molecule has 0 unspecified atom stereocenters. The quantitative estimate of drug-likeness (QED) is 0.526. The van der Waals surface area contributed by atoms with E-state index in [1.54, 1.807) is 51.4 Å². The summed E-state index contributed by atoms with van der Waals surface area (Å²) < 4.78 is 0. The first-order valence-corrected chi connectivity index (χ1v) is 6.40. The Morgan fingerprint density at radius 2 is 0.846 bits per heavy atom. The summed E-state index contributed by atoms with van der Waals surface area (Å²) in [6.07, 6.45) is 14.1. The van der Waals surface area contributed by atoms with Gasteiger partial charge in [0.2, 0.25) is 0 Å². The number of rotatable bonds is 0. The number of hydrogen-bond acceptors (Lipinski definition) is 0. The average Bonchev–Trinajstić information content (AvgIpc) is 2.65. The highest BCUT2D eigenvalue weighted by Crippen LogP contribution is 2.48. The highest BCUT2D eigenvalue weighted by Gasteiger charge is 2.35. The molecule has 0 heteroatoms. The topological polar surface area (TPSA) is 0 Å². The molecule has 13 heavy (non-hydrogen) atoms. The molecule has 6 aliphatic carbocycles. The van der Waals surface area contributed by atoms with Gasteiger partial charge in [-0.1, -0.05) is 32.1 Å². The number of hydrogen-bond donors (Lipinski definition) is 0. The maximum atomic E-state index is 1.58. The highest BCUT2D eigenvalue weighted by atomic mass is 14.4. The largest absolute Gasteiger partial charge is 0.0528 e. The van der Waals surface area contributed by atoms with Gasteiger partial charge in [-0.15, -0.1) is 0 Å². The Morgan fingerprint density at radius 1 is 0.462 bits per heavy atom. The molecule has 0 atom stereocenters. The fourth-order valence-electron chi connectivity index (χ4n) is 3.86. The lowest BCUT2D eigenvalue weighted by molar-refractivity contribution is 0.116. The summed E-state index contributed by atoms with van der Waals surface area (Å²) in [7, 11) is 0. The van der Waals surface area contributed by atoms with E-state index in [1.165, 1.54) is 30.1 Å². The molecule has 74 valence electrons. The molecule has 0 heterocycles. The first kappa shape index (κ1) is 8.32. The second-order valence-corrected chi connectivity index (χ2v) is 5.92. The maximum Gasteiger partial charge on any atom is -0.0409 e. The standard InChI is InChI=1S/C7H12.C6H10/c1-2-6-4-7(3-1)5-6;1-2-6-3-5(1)4-6/h6-7H,1-5H2;5-6H,1-4H2. The van der Waals surface area contributed by atoms with Crippen molar-refractivity contribution in [2.24, 2.45) is 23.7 Å². The van der Waals surface area contributed by atoms with Crippen molar-refractivity contribution in [3.8, 4) is 0 Å². The van der Waals surface area contributed by atoms with Gasteiger partial charge in [0.15, 0.2) is 0 Å². The summed E-state index contributed by atoms with van der Waals surface area (Å²) in [4.78, 5) is 0. The minimum atomic E-state index is 1.18. The molecule has 4 bridgehead atoms. The predicted octanol–water partition coefficient (Wildman–Crippen LogP) is 4.00. The Kier molecular flexibility index (Phi) is 2.11. The van der Waals surface area contributed by atoms with Crippen LogP contribution >= 0.6 is 0 Å². The first-order chi connectivity index (χ1) is 6.40. The van der Waals surface area contributed by atoms with Crippen LogP contribution < -0.4 is 0 Å². The molecular formula is C13H22. The van der Waals surface area contributed by atoms with E-state index in [0.29, 0.717) is 0 Å². The van der Waals surface area contributed by atoms with Crippen LogP contribution in [0.15, 0.2) is 0 Å². The van der Waals surface area contributed by atoms with Gasteiger partial charge in [0.05, 0.1) is 0 Å². The van der Waals surface area contributed by atoms with Gasteiger partial charge in [-0.25, -0.2) is 0 Å². The Labute approximate surface area is 82.1 Å². The maximum absolute atomic E-state index is 1.58. The summed E-state index contributed by atoms with van der Waals surface area (Å²) in [5.74, 6) is 4.74. The highest BCUT2D eigenvalue weighted by molar-refractivity contribution is 4.87. The molecule has 0 N–H and O–H groups in total. The van der Waals surface area contributed by atoms with Crippen molar-refractivity contribution in [2.75, 3.05) is 0 Å². The minimum absolute atomic E-state index is 1.18. The van der Waals surface area contributed by atoms with Crippen LogP contribution in [0.3, 0.4) is 0 Å². The van der Waals surface area contributed by atoms with E-state index in [-0.39, 0.29) is 0 Å². The third-order valence-corrected chi connectivity index (χ3v) is 4.87. The monoisotopic (exact) mass is 178 g/mol. The average molecular weight is 178 g/mol. The number of fused-ring (bicyclic) bond motifs is 3. The Hall–Kier alpha value is 0. The second kappa shape index (κ2) is 3.29. The molecule has 0 spiro atoms. The first-order valence-electron chi connectivity index (χ1n) is 6.40. The van der Waals surface area contributed by atoms with E-state index in [1.807, 2.05) is 0 Å². The molecule has 0 nitrogen and oxygen atoms in total.